The first-order valence-electron chi connectivity index (χ1n) is 35.9. The molecule has 0 spiro atoms. The number of thiophene rings is 1. The molecule has 6 aliphatic rings. The van der Waals surface area contributed by atoms with Crippen molar-refractivity contribution in [2.24, 2.45) is 0 Å². The third-order valence-corrected chi connectivity index (χ3v) is 26.2. The summed E-state index contributed by atoms with van der Waals surface area (Å²) in [4.78, 5) is 8.19. The molecule has 4 aliphatic carbocycles. The van der Waals surface area contributed by atoms with E-state index in [1.165, 1.54) is 169 Å². The van der Waals surface area contributed by atoms with E-state index in [1.54, 1.807) is 0 Å². The molecule has 0 saturated carbocycles. The zero-order chi connectivity index (χ0) is 67.2. The van der Waals surface area contributed by atoms with Gasteiger partial charge < -0.3 is 14.6 Å². The molecular weight excluding hydrogens is 1170 g/mol. The van der Waals surface area contributed by atoms with Crippen LogP contribution in [0.1, 0.15) is 238 Å². The van der Waals surface area contributed by atoms with Crippen LogP contribution in [0, 0.1) is 6.92 Å². The highest BCUT2D eigenvalue weighted by Gasteiger charge is 2.52. The van der Waals surface area contributed by atoms with Gasteiger partial charge in [0.2, 0.25) is 0 Å². The number of rotatable bonds is 5. The predicted molar refractivity (Wildman–Crippen MR) is 413 cm³/mol. The summed E-state index contributed by atoms with van der Waals surface area (Å²) in [6.45, 7) is 51.1. The lowest BCUT2D eigenvalue weighted by Crippen LogP contribution is -2.62. The standard InChI is InChI=1S/C90H100BN3S/c1-53-44-67-70(88(16,17)42-40-85(67,10)11)50-74(53)93-75-52-78-62(61-47-69-71(51-77(61)95-78)89(18,19)43-41-87(69,14)15)48-72(75)91-81-76(93)49-63-60-24-22-23-25-65(60)90(20,21)80(63)79(81)64-45-58(35-37-73(64)94(91)59-34-36-66-68(46-59)86(12,13)39-38-84(66,8)9)92(56-30-26-54(27-31-56)82(2,3)4)57-32-28-55(29-33-57)83(5,6)7/h22-37,44-52H,38-43H2,1-21H3. The van der Waals surface area contributed by atoms with E-state index in [4.69, 9.17) is 0 Å². The molecule has 0 saturated heterocycles. The van der Waals surface area contributed by atoms with Crippen molar-refractivity contribution in [3.8, 4) is 22.3 Å². The van der Waals surface area contributed by atoms with Crippen molar-refractivity contribution in [1.82, 2.24) is 0 Å². The molecule has 10 aromatic rings. The van der Waals surface area contributed by atoms with Crippen LogP contribution in [0.4, 0.5) is 45.5 Å². The van der Waals surface area contributed by atoms with Crippen molar-refractivity contribution in [3.05, 3.63) is 213 Å². The maximum atomic E-state index is 2.85. The van der Waals surface area contributed by atoms with Gasteiger partial charge in [-0.1, -0.05) is 205 Å². The molecule has 1 aromatic heterocycles. The second-order valence-corrected chi connectivity index (χ2v) is 37.7. The Morgan fingerprint density at radius 2 is 0.895 bits per heavy atom. The van der Waals surface area contributed by atoms with E-state index in [0.29, 0.717) is 0 Å². The first kappa shape index (κ1) is 62.5. The molecule has 95 heavy (non-hydrogen) atoms. The number of hydrogen-bond acceptors (Lipinski definition) is 4. The van der Waals surface area contributed by atoms with Gasteiger partial charge >= 0.3 is 6.85 Å². The van der Waals surface area contributed by atoms with Crippen LogP contribution in [0.15, 0.2) is 152 Å². The van der Waals surface area contributed by atoms with E-state index in [0.717, 1.165) is 29.9 Å². The van der Waals surface area contributed by atoms with Gasteiger partial charge in [0, 0.05) is 76.6 Å². The Bertz CT molecular complexity index is 4850. The van der Waals surface area contributed by atoms with Gasteiger partial charge in [0.25, 0.3) is 0 Å². The Balaban J connectivity index is 1.06. The number of hydrogen-bond donors (Lipinski definition) is 0. The topological polar surface area (TPSA) is 9.72 Å². The lowest BCUT2D eigenvalue weighted by Gasteiger charge is -2.49. The number of nitrogens with zero attached hydrogens (tertiary/aromatic N) is 3. The first-order chi connectivity index (χ1) is 44.5. The zero-order valence-corrected chi connectivity index (χ0v) is 61.8. The average molecular weight is 1270 g/mol. The fourth-order valence-corrected chi connectivity index (χ4v) is 19.8. The number of fused-ring (bicyclic) bond motifs is 14. The van der Waals surface area contributed by atoms with Crippen molar-refractivity contribution < 1.29 is 0 Å². The summed E-state index contributed by atoms with van der Waals surface area (Å²) in [5, 5.41) is 2.76. The van der Waals surface area contributed by atoms with Gasteiger partial charge in [-0.25, -0.2) is 0 Å². The van der Waals surface area contributed by atoms with Gasteiger partial charge in [-0.15, -0.1) is 11.3 Å². The Labute approximate surface area is 573 Å². The molecular formula is C90H100BN3S. The molecule has 0 atom stereocenters. The highest BCUT2D eigenvalue weighted by atomic mass is 32.1. The van der Waals surface area contributed by atoms with Crippen LogP contribution in [0.2, 0.25) is 0 Å². The summed E-state index contributed by atoms with van der Waals surface area (Å²) in [7, 11) is 0. The Morgan fingerprint density at radius 1 is 0.400 bits per heavy atom. The number of aryl methyl sites for hydroxylation is 1. The van der Waals surface area contributed by atoms with Gasteiger partial charge in [-0.2, -0.15) is 0 Å². The van der Waals surface area contributed by atoms with E-state index in [1.807, 2.05) is 11.3 Å². The fraction of sp³-hybridized carbons (Fsp3) is 0.400. The predicted octanol–water partition coefficient (Wildman–Crippen LogP) is 24.5. The van der Waals surface area contributed by atoms with Crippen LogP contribution < -0.4 is 25.5 Å². The molecule has 0 amide bonds. The summed E-state index contributed by atoms with van der Waals surface area (Å²) >= 11 is 2.01. The maximum absolute atomic E-state index is 2.85. The van der Waals surface area contributed by atoms with Crippen LogP contribution in [0.25, 0.3) is 42.4 Å². The highest BCUT2D eigenvalue weighted by Crippen LogP contribution is 2.61. The quantitative estimate of drug-likeness (QED) is 0.159. The Morgan fingerprint density at radius 3 is 1.47 bits per heavy atom. The SMILES string of the molecule is Cc1cc2c(cc1N1c3cc4sc5cc6c(cc5c4cc3B3c4c1cc1c(c4-c4cc(N(c5ccc(C(C)(C)C)cc5)c5ccc(C(C)(C)C)cc5)ccc4N3c3ccc4c(c3)C(C)(C)CCC4(C)C)C(C)(C)c3ccccc3-1)C(C)(C)CCC6(C)C)C(C)(C)CCC2(C)C. The lowest BCUT2D eigenvalue weighted by molar-refractivity contribution is 0.332. The van der Waals surface area contributed by atoms with E-state index in [-0.39, 0.29) is 55.6 Å². The molecule has 2 aliphatic heterocycles. The summed E-state index contributed by atoms with van der Waals surface area (Å²) in [6.07, 6.45) is 7.01. The smallest absolute Gasteiger partial charge is 0.333 e. The molecule has 0 unspecified atom stereocenters. The first-order valence-corrected chi connectivity index (χ1v) is 36.7. The molecule has 9 aromatic carbocycles. The minimum absolute atomic E-state index is 0.00217. The zero-order valence-electron chi connectivity index (χ0n) is 61.0. The summed E-state index contributed by atoms with van der Waals surface area (Å²) < 4.78 is 2.75. The molecule has 0 bridgehead atoms. The van der Waals surface area contributed by atoms with Crippen LogP contribution in [-0.2, 0) is 48.7 Å². The number of anilines is 8. The van der Waals surface area contributed by atoms with Crippen molar-refractivity contribution in [1.29, 1.82) is 0 Å². The molecule has 16 rings (SSSR count). The molecule has 0 fully saturated rings. The minimum Gasteiger partial charge on any atom is -0.376 e. The van der Waals surface area contributed by atoms with Crippen molar-refractivity contribution in [2.75, 3.05) is 14.6 Å². The summed E-state index contributed by atoms with van der Waals surface area (Å²) in [5.74, 6) is 0. The second-order valence-electron chi connectivity index (χ2n) is 36.6. The molecule has 484 valence electrons. The van der Waals surface area contributed by atoms with Gasteiger partial charge in [0.15, 0.2) is 0 Å². The maximum Gasteiger partial charge on any atom is 0.333 e. The van der Waals surface area contributed by atoms with Crippen molar-refractivity contribution in [2.45, 2.75) is 233 Å². The molecule has 3 heterocycles. The molecule has 0 N–H and O–H groups in total. The van der Waals surface area contributed by atoms with E-state index < -0.39 is 0 Å². The van der Waals surface area contributed by atoms with Crippen molar-refractivity contribution in [3.63, 3.8) is 0 Å². The van der Waals surface area contributed by atoms with Gasteiger partial charge in [-0.3, -0.25) is 0 Å². The number of benzene rings is 9. The normalized spacial score (nSPS) is 19.3. The largest absolute Gasteiger partial charge is 0.376 e. The minimum atomic E-state index is -0.335. The van der Waals surface area contributed by atoms with Crippen LogP contribution in [0.3, 0.4) is 0 Å². The fourth-order valence-electron chi connectivity index (χ4n) is 18.6. The lowest BCUT2D eigenvalue weighted by atomic mass is 9.42. The summed E-state index contributed by atoms with van der Waals surface area (Å²) in [5.41, 5.74) is 33.6. The molecule has 5 heteroatoms. The molecule has 0 radical (unpaired) electrons. The van der Waals surface area contributed by atoms with E-state index >= 15 is 0 Å². The summed E-state index contributed by atoms with van der Waals surface area (Å²) in [6, 6.07) is 62.3. The van der Waals surface area contributed by atoms with Crippen LogP contribution in [0.5, 0.6) is 0 Å². The van der Waals surface area contributed by atoms with E-state index in [2.05, 4.69) is 312 Å². The Kier molecular flexibility index (Phi) is 13.2. The van der Waals surface area contributed by atoms with E-state index in [9.17, 15) is 0 Å². The third-order valence-electron chi connectivity index (χ3n) is 25.0. The third kappa shape index (κ3) is 9.28. The average Bonchev–Trinajstić information content (AvgIpc) is 1.66. The molecule has 3 nitrogen and oxygen atoms in total. The Hall–Kier alpha value is -7.34. The highest BCUT2D eigenvalue weighted by molar-refractivity contribution is 7.26. The van der Waals surface area contributed by atoms with Crippen LogP contribution in [-0.4, -0.2) is 6.85 Å². The van der Waals surface area contributed by atoms with Crippen LogP contribution >= 0.6 is 11.3 Å². The second kappa shape index (κ2) is 20.1. The van der Waals surface area contributed by atoms with Crippen molar-refractivity contribution >= 4 is 94.8 Å². The van der Waals surface area contributed by atoms with Gasteiger partial charge in [0.05, 0.1) is 0 Å². The monoisotopic (exact) mass is 1270 g/mol. The van der Waals surface area contributed by atoms with Gasteiger partial charge in [0.1, 0.15) is 0 Å². The van der Waals surface area contributed by atoms with Gasteiger partial charge in [-0.05, 0) is 263 Å².